The number of alkyl halides is 1. The minimum atomic E-state index is 0.977. The van der Waals surface area contributed by atoms with E-state index in [1.54, 1.807) is 12.4 Å². The number of aromatic nitrogens is 2. The molecule has 0 aromatic carbocycles. The smallest absolute Gasteiger partial charge is 0.0586 e. The summed E-state index contributed by atoms with van der Waals surface area (Å²) in [6.07, 6.45) is 41.3. The summed E-state index contributed by atoms with van der Waals surface area (Å²) < 4.78 is 5.86. The molecule has 0 unspecified atom stereocenters. The fourth-order valence-electron chi connectivity index (χ4n) is 5.08. The van der Waals surface area contributed by atoms with E-state index in [0.29, 0.717) is 0 Å². The number of ether oxygens (including phenoxy) is 1. The maximum Gasteiger partial charge on any atom is 0.0586 e. The van der Waals surface area contributed by atoms with Crippen LogP contribution < -0.4 is 0 Å². The van der Waals surface area contributed by atoms with Crippen LogP contribution in [0.3, 0.4) is 0 Å². The molecule has 0 saturated heterocycles. The highest BCUT2D eigenvalue weighted by molar-refractivity contribution is 9.09. The monoisotopic (exact) mass is 580 g/mol. The van der Waals surface area contributed by atoms with Crippen LogP contribution in [0.2, 0.25) is 0 Å². The van der Waals surface area contributed by atoms with Crippen molar-refractivity contribution in [3.05, 3.63) is 24.3 Å². The summed E-state index contributed by atoms with van der Waals surface area (Å²) in [5.41, 5.74) is 1.14. The standard InChI is InChI=1S/C33H61BrN2O/c34-27-23-19-15-11-7-3-1-2-4-8-12-16-20-24-30-37-31-25-21-17-13-9-5-6-10-14-18-22-26-33-32-35-28-29-36-33/h28-29,32H,1-27,30-31H2. The van der Waals surface area contributed by atoms with E-state index >= 15 is 0 Å². The normalized spacial score (nSPS) is 11.4. The molecule has 216 valence electrons. The van der Waals surface area contributed by atoms with Gasteiger partial charge in [0, 0.05) is 37.1 Å². The van der Waals surface area contributed by atoms with Crippen molar-refractivity contribution in [1.29, 1.82) is 0 Å². The number of aryl methyl sites for hydroxylation is 1. The van der Waals surface area contributed by atoms with Crippen molar-refractivity contribution in [3.63, 3.8) is 0 Å². The molecule has 1 aromatic heterocycles. The lowest BCUT2D eigenvalue weighted by atomic mass is 10.0. The predicted octanol–water partition coefficient (Wildman–Crippen LogP) is 11.2. The molecule has 1 aromatic rings. The van der Waals surface area contributed by atoms with Crippen molar-refractivity contribution in [2.24, 2.45) is 0 Å². The van der Waals surface area contributed by atoms with Crippen molar-refractivity contribution in [3.8, 4) is 0 Å². The lowest BCUT2D eigenvalue weighted by Crippen LogP contribution is -1.97. The van der Waals surface area contributed by atoms with Gasteiger partial charge in [0.2, 0.25) is 0 Å². The number of halogens is 1. The Hall–Kier alpha value is -0.480. The molecule has 0 atom stereocenters. The van der Waals surface area contributed by atoms with Crippen LogP contribution in [0.4, 0.5) is 0 Å². The molecule has 0 aliphatic rings. The molecule has 0 fully saturated rings. The van der Waals surface area contributed by atoms with Crippen molar-refractivity contribution >= 4 is 15.9 Å². The minimum absolute atomic E-state index is 0.977. The SMILES string of the molecule is BrCCCCCCCCCCCCCCCCOCCCCCCCCCCCCCc1cnccn1. The van der Waals surface area contributed by atoms with Gasteiger partial charge in [0.25, 0.3) is 0 Å². The zero-order chi connectivity index (χ0) is 26.3. The molecule has 0 saturated carbocycles. The summed E-state index contributed by atoms with van der Waals surface area (Å²) in [7, 11) is 0. The van der Waals surface area contributed by atoms with Crippen LogP contribution in [0.15, 0.2) is 18.6 Å². The van der Waals surface area contributed by atoms with Gasteiger partial charge >= 0.3 is 0 Å². The minimum Gasteiger partial charge on any atom is -0.381 e. The van der Waals surface area contributed by atoms with E-state index in [9.17, 15) is 0 Å². The average Bonchev–Trinajstić information content (AvgIpc) is 2.93. The molecule has 1 rings (SSSR count). The first-order chi connectivity index (χ1) is 18.4. The molecular weight excluding hydrogens is 520 g/mol. The maximum absolute atomic E-state index is 5.86. The van der Waals surface area contributed by atoms with E-state index < -0.39 is 0 Å². The fourth-order valence-corrected chi connectivity index (χ4v) is 5.48. The topological polar surface area (TPSA) is 35.0 Å². The molecule has 0 aliphatic carbocycles. The van der Waals surface area contributed by atoms with Crippen LogP contribution in [-0.4, -0.2) is 28.5 Å². The Morgan fingerprint density at radius 3 is 1.22 bits per heavy atom. The second-order valence-corrected chi connectivity index (χ2v) is 11.9. The summed E-state index contributed by atoms with van der Waals surface area (Å²) >= 11 is 3.51. The highest BCUT2D eigenvalue weighted by Gasteiger charge is 1.97. The van der Waals surface area contributed by atoms with Gasteiger partial charge in [-0.1, -0.05) is 151 Å². The van der Waals surface area contributed by atoms with Gasteiger partial charge in [0.15, 0.2) is 0 Å². The Labute approximate surface area is 239 Å². The number of nitrogens with zero attached hydrogens (tertiary/aromatic N) is 2. The van der Waals surface area contributed by atoms with E-state index in [0.717, 1.165) is 25.3 Å². The van der Waals surface area contributed by atoms with Crippen LogP contribution in [0.1, 0.15) is 166 Å². The van der Waals surface area contributed by atoms with Gasteiger partial charge in [-0.25, -0.2) is 0 Å². The summed E-state index contributed by atoms with van der Waals surface area (Å²) in [5.74, 6) is 0. The van der Waals surface area contributed by atoms with E-state index in [4.69, 9.17) is 4.74 Å². The summed E-state index contributed by atoms with van der Waals surface area (Å²) in [5, 5.41) is 1.18. The van der Waals surface area contributed by atoms with Gasteiger partial charge in [-0.3, -0.25) is 9.97 Å². The number of unbranched alkanes of at least 4 members (excludes halogenated alkanes) is 23. The van der Waals surface area contributed by atoms with E-state index in [1.165, 1.54) is 166 Å². The van der Waals surface area contributed by atoms with Gasteiger partial charge in [0.1, 0.15) is 0 Å². The van der Waals surface area contributed by atoms with E-state index in [2.05, 4.69) is 25.9 Å². The van der Waals surface area contributed by atoms with Crippen molar-refractivity contribution in [1.82, 2.24) is 9.97 Å². The van der Waals surface area contributed by atoms with Gasteiger partial charge in [0.05, 0.1) is 5.69 Å². The molecule has 0 N–H and O–H groups in total. The van der Waals surface area contributed by atoms with Crippen LogP contribution in [0, 0.1) is 0 Å². The molecular formula is C33H61BrN2O. The summed E-state index contributed by atoms with van der Waals surface area (Å²) in [4.78, 5) is 8.48. The first-order valence-corrected chi connectivity index (χ1v) is 17.4. The van der Waals surface area contributed by atoms with Crippen molar-refractivity contribution in [2.45, 2.75) is 167 Å². The maximum atomic E-state index is 5.86. The second kappa shape index (κ2) is 30.1. The third kappa shape index (κ3) is 26.9. The molecule has 0 amide bonds. The van der Waals surface area contributed by atoms with Crippen LogP contribution in [0.5, 0.6) is 0 Å². The molecule has 0 radical (unpaired) electrons. The molecule has 0 spiro atoms. The third-order valence-electron chi connectivity index (χ3n) is 7.51. The first kappa shape index (κ1) is 34.5. The van der Waals surface area contributed by atoms with Crippen LogP contribution in [0.25, 0.3) is 0 Å². The molecule has 0 bridgehead atoms. The highest BCUT2D eigenvalue weighted by Crippen LogP contribution is 2.14. The number of hydrogen-bond donors (Lipinski definition) is 0. The fraction of sp³-hybridized carbons (Fsp3) is 0.879. The highest BCUT2D eigenvalue weighted by atomic mass is 79.9. The molecule has 1 heterocycles. The van der Waals surface area contributed by atoms with Crippen molar-refractivity contribution < 1.29 is 4.74 Å². The zero-order valence-electron chi connectivity index (χ0n) is 24.4. The lowest BCUT2D eigenvalue weighted by Gasteiger charge is -2.05. The van der Waals surface area contributed by atoms with Crippen molar-refractivity contribution in [2.75, 3.05) is 18.5 Å². The third-order valence-corrected chi connectivity index (χ3v) is 8.07. The lowest BCUT2D eigenvalue weighted by molar-refractivity contribution is 0.125. The van der Waals surface area contributed by atoms with E-state index in [-0.39, 0.29) is 0 Å². The Balaban J connectivity index is 1.62. The van der Waals surface area contributed by atoms with Gasteiger partial charge in [-0.05, 0) is 32.1 Å². The van der Waals surface area contributed by atoms with Crippen LogP contribution >= 0.6 is 15.9 Å². The van der Waals surface area contributed by atoms with Crippen LogP contribution in [-0.2, 0) is 11.2 Å². The Morgan fingerprint density at radius 1 is 0.459 bits per heavy atom. The largest absolute Gasteiger partial charge is 0.381 e. The Bertz CT molecular complexity index is 542. The van der Waals surface area contributed by atoms with Gasteiger partial charge in [-0.2, -0.15) is 0 Å². The first-order valence-electron chi connectivity index (χ1n) is 16.3. The summed E-state index contributed by atoms with van der Waals surface area (Å²) in [6, 6.07) is 0. The predicted molar refractivity (Wildman–Crippen MR) is 166 cm³/mol. The number of rotatable bonds is 30. The molecule has 3 nitrogen and oxygen atoms in total. The number of hydrogen-bond acceptors (Lipinski definition) is 3. The van der Waals surface area contributed by atoms with Gasteiger partial charge in [-0.15, -0.1) is 0 Å². The molecule has 0 aliphatic heterocycles. The summed E-state index contributed by atoms with van der Waals surface area (Å²) in [6.45, 7) is 1.96. The molecule has 4 heteroatoms. The molecule has 37 heavy (non-hydrogen) atoms. The Kier molecular flexibility index (Phi) is 28.1. The quantitative estimate of drug-likeness (QED) is 0.0669. The van der Waals surface area contributed by atoms with Gasteiger partial charge < -0.3 is 4.74 Å². The van der Waals surface area contributed by atoms with E-state index in [1.807, 2.05) is 6.20 Å². The average molecular weight is 582 g/mol. The Morgan fingerprint density at radius 2 is 0.838 bits per heavy atom. The second-order valence-electron chi connectivity index (χ2n) is 11.1. The zero-order valence-corrected chi connectivity index (χ0v) is 26.0.